The molecule has 2 rings (SSSR count). The van der Waals surface area contributed by atoms with Gasteiger partial charge in [0.05, 0.1) is 22.8 Å². The zero-order chi connectivity index (χ0) is 13.7. The van der Waals surface area contributed by atoms with Crippen LogP contribution in [-0.4, -0.2) is 16.6 Å². The SMILES string of the molecule is C/C(=N/NC(=O)Cc1csc(C)n1)c1ccccc1. The van der Waals surface area contributed by atoms with Crippen LogP contribution in [0, 0.1) is 6.92 Å². The molecular formula is C14H15N3OS. The third-order valence-corrected chi connectivity index (χ3v) is 3.37. The van der Waals surface area contributed by atoms with Gasteiger partial charge < -0.3 is 0 Å². The smallest absolute Gasteiger partial charge is 0.246 e. The summed E-state index contributed by atoms with van der Waals surface area (Å²) >= 11 is 1.54. The van der Waals surface area contributed by atoms with Crippen molar-refractivity contribution in [3.05, 3.63) is 52.0 Å². The summed E-state index contributed by atoms with van der Waals surface area (Å²) in [6.45, 7) is 3.78. The van der Waals surface area contributed by atoms with Crippen LogP contribution >= 0.6 is 11.3 Å². The number of benzene rings is 1. The second kappa shape index (κ2) is 6.24. The topological polar surface area (TPSA) is 54.4 Å². The van der Waals surface area contributed by atoms with Gasteiger partial charge in [-0.15, -0.1) is 11.3 Å². The van der Waals surface area contributed by atoms with Crippen LogP contribution in [0.5, 0.6) is 0 Å². The molecule has 4 nitrogen and oxygen atoms in total. The molecule has 1 amide bonds. The van der Waals surface area contributed by atoms with E-state index in [2.05, 4.69) is 15.5 Å². The molecule has 0 aliphatic rings. The molecule has 0 radical (unpaired) electrons. The number of hydrogen-bond donors (Lipinski definition) is 1. The number of aryl methyl sites for hydroxylation is 1. The molecule has 0 unspecified atom stereocenters. The molecule has 0 saturated heterocycles. The van der Waals surface area contributed by atoms with E-state index in [1.165, 1.54) is 0 Å². The first-order valence-electron chi connectivity index (χ1n) is 5.94. The Hall–Kier alpha value is -2.01. The molecule has 2 aromatic rings. The van der Waals surface area contributed by atoms with Crippen LogP contribution < -0.4 is 5.43 Å². The number of nitrogens with zero attached hydrogens (tertiary/aromatic N) is 2. The van der Waals surface area contributed by atoms with E-state index in [0.717, 1.165) is 22.0 Å². The molecule has 98 valence electrons. The van der Waals surface area contributed by atoms with E-state index in [0.29, 0.717) is 0 Å². The van der Waals surface area contributed by atoms with Crippen molar-refractivity contribution in [3.8, 4) is 0 Å². The number of hydrazone groups is 1. The van der Waals surface area contributed by atoms with E-state index >= 15 is 0 Å². The van der Waals surface area contributed by atoms with Crippen LogP contribution in [0.1, 0.15) is 23.2 Å². The number of hydrogen-bond acceptors (Lipinski definition) is 4. The van der Waals surface area contributed by atoms with Crippen LogP contribution in [0.25, 0.3) is 0 Å². The summed E-state index contributed by atoms with van der Waals surface area (Å²) < 4.78 is 0. The number of carbonyl (C=O) groups excluding carboxylic acids is 1. The number of thiazole rings is 1. The van der Waals surface area contributed by atoms with Crippen molar-refractivity contribution in [1.82, 2.24) is 10.4 Å². The molecule has 1 aromatic heterocycles. The Morgan fingerprint density at radius 2 is 2.11 bits per heavy atom. The molecular weight excluding hydrogens is 258 g/mol. The van der Waals surface area contributed by atoms with E-state index in [4.69, 9.17) is 0 Å². The Bertz CT molecular complexity index is 590. The highest BCUT2D eigenvalue weighted by molar-refractivity contribution is 7.09. The molecule has 0 bridgehead atoms. The minimum atomic E-state index is -0.152. The maximum atomic E-state index is 11.7. The van der Waals surface area contributed by atoms with E-state index in [9.17, 15) is 4.79 Å². The zero-order valence-corrected chi connectivity index (χ0v) is 11.7. The first kappa shape index (κ1) is 13.4. The first-order valence-corrected chi connectivity index (χ1v) is 6.82. The minimum absolute atomic E-state index is 0.152. The highest BCUT2D eigenvalue weighted by Crippen LogP contribution is 2.08. The zero-order valence-electron chi connectivity index (χ0n) is 10.9. The lowest BCUT2D eigenvalue weighted by atomic mass is 10.1. The van der Waals surface area contributed by atoms with Gasteiger partial charge in [0.25, 0.3) is 0 Å². The van der Waals surface area contributed by atoms with Gasteiger partial charge in [-0.2, -0.15) is 5.10 Å². The molecule has 1 aromatic carbocycles. The molecule has 0 saturated carbocycles. The van der Waals surface area contributed by atoms with Gasteiger partial charge in [-0.3, -0.25) is 4.79 Å². The molecule has 0 aliphatic heterocycles. The lowest BCUT2D eigenvalue weighted by Gasteiger charge is -2.01. The Kier molecular flexibility index (Phi) is 4.41. The fourth-order valence-electron chi connectivity index (χ4n) is 1.58. The van der Waals surface area contributed by atoms with Crippen molar-refractivity contribution in [3.63, 3.8) is 0 Å². The molecule has 0 aliphatic carbocycles. The standard InChI is InChI=1S/C14H15N3OS/c1-10(12-6-4-3-5-7-12)16-17-14(18)8-13-9-19-11(2)15-13/h3-7,9H,8H2,1-2H3,(H,17,18)/b16-10-. The summed E-state index contributed by atoms with van der Waals surface area (Å²) in [5.41, 5.74) is 5.11. The Morgan fingerprint density at radius 3 is 2.74 bits per heavy atom. The molecule has 0 fully saturated rings. The lowest BCUT2D eigenvalue weighted by Crippen LogP contribution is -2.21. The van der Waals surface area contributed by atoms with Gasteiger partial charge in [0.2, 0.25) is 5.91 Å². The summed E-state index contributed by atoms with van der Waals surface area (Å²) in [5, 5.41) is 6.95. The van der Waals surface area contributed by atoms with Crippen molar-refractivity contribution >= 4 is 23.0 Å². The van der Waals surface area contributed by atoms with Gasteiger partial charge in [-0.25, -0.2) is 10.4 Å². The van der Waals surface area contributed by atoms with Crippen LogP contribution in [0.2, 0.25) is 0 Å². The average molecular weight is 273 g/mol. The Morgan fingerprint density at radius 1 is 1.37 bits per heavy atom. The van der Waals surface area contributed by atoms with Gasteiger partial charge in [-0.05, 0) is 19.4 Å². The summed E-state index contributed by atoms with van der Waals surface area (Å²) in [6.07, 6.45) is 0.260. The maximum Gasteiger partial charge on any atom is 0.246 e. The maximum absolute atomic E-state index is 11.7. The molecule has 0 atom stereocenters. The second-order valence-corrected chi connectivity index (χ2v) is 5.20. The molecule has 1 heterocycles. The van der Waals surface area contributed by atoms with E-state index < -0.39 is 0 Å². The largest absolute Gasteiger partial charge is 0.273 e. The number of aromatic nitrogens is 1. The van der Waals surface area contributed by atoms with Crippen molar-refractivity contribution in [2.24, 2.45) is 5.10 Å². The summed E-state index contributed by atoms with van der Waals surface area (Å²) in [4.78, 5) is 15.9. The van der Waals surface area contributed by atoms with Crippen LogP contribution in [0.15, 0.2) is 40.8 Å². The van der Waals surface area contributed by atoms with E-state index in [1.54, 1.807) is 11.3 Å². The van der Waals surface area contributed by atoms with Crippen LogP contribution in [-0.2, 0) is 11.2 Å². The number of rotatable bonds is 4. The quantitative estimate of drug-likeness (QED) is 0.687. The molecule has 19 heavy (non-hydrogen) atoms. The average Bonchev–Trinajstić information content (AvgIpc) is 2.82. The third kappa shape index (κ3) is 3.99. The highest BCUT2D eigenvalue weighted by Gasteiger charge is 2.05. The Labute approximate surface area is 116 Å². The fourth-order valence-corrected chi connectivity index (χ4v) is 2.20. The van der Waals surface area contributed by atoms with Gasteiger partial charge in [0.15, 0.2) is 0 Å². The monoisotopic (exact) mass is 273 g/mol. The fraction of sp³-hybridized carbons (Fsp3) is 0.214. The second-order valence-electron chi connectivity index (χ2n) is 4.13. The Balaban J connectivity index is 1.93. The number of amides is 1. The van der Waals surface area contributed by atoms with Gasteiger partial charge in [0.1, 0.15) is 0 Å². The predicted octanol–water partition coefficient (Wildman–Crippen LogP) is 2.53. The number of nitrogens with one attached hydrogen (secondary N) is 1. The van der Waals surface area contributed by atoms with E-state index in [-0.39, 0.29) is 12.3 Å². The van der Waals surface area contributed by atoms with Crippen molar-refractivity contribution in [1.29, 1.82) is 0 Å². The van der Waals surface area contributed by atoms with Gasteiger partial charge in [0, 0.05) is 5.38 Å². The van der Waals surface area contributed by atoms with E-state index in [1.807, 2.05) is 49.6 Å². The molecule has 5 heteroatoms. The van der Waals surface area contributed by atoms with Crippen molar-refractivity contribution in [2.75, 3.05) is 0 Å². The normalized spacial score (nSPS) is 11.4. The summed E-state index contributed by atoms with van der Waals surface area (Å²) in [5.74, 6) is -0.152. The van der Waals surface area contributed by atoms with Crippen LogP contribution in [0.4, 0.5) is 0 Å². The summed E-state index contributed by atoms with van der Waals surface area (Å²) in [6, 6.07) is 9.73. The minimum Gasteiger partial charge on any atom is -0.273 e. The molecule has 0 spiro atoms. The lowest BCUT2D eigenvalue weighted by molar-refractivity contribution is -0.120. The van der Waals surface area contributed by atoms with Crippen molar-refractivity contribution in [2.45, 2.75) is 20.3 Å². The van der Waals surface area contributed by atoms with Crippen molar-refractivity contribution < 1.29 is 4.79 Å². The molecule has 1 N–H and O–H groups in total. The predicted molar refractivity (Wildman–Crippen MR) is 77.4 cm³/mol. The van der Waals surface area contributed by atoms with Gasteiger partial charge >= 0.3 is 0 Å². The first-order chi connectivity index (χ1) is 9.15. The van der Waals surface area contributed by atoms with Crippen LogP contribution in [0.3, 0.4) is 0 Å². The highest BCUT2D eigenvalue weighted by atomic mass is 32.1. The summed E-state index contributed by atoms with van der Waals surface area (Å²) in [7, 11) is 0. The number of carbonyl (C=O) groups is 1. The third-order valence-electron chi connectivity index (χ3n) is 2.55. The van der Waals surface area contributed by atoms with Gasteiger partial charge in [-0.1, -0.05) is 30.3 Å².